The van der Waals surface area contributed by atoms with Crippen LogP contribution in [-0.2, 0) is 10.0 Å². The molecular formula is C24H30N6O5S. The maximum absolute atomic E-state index is 13.2. The fourth-order valence-corrected chi connectivity index (χ4v) is 5.05. The van der Waals surface area contributed by atoms with Gasteiger partial charge in [0.15, 0.2) is 0 Å². The van der Waals surface area contributed by atoms with Crippen LogP contribution in [0, 0.1) is 5.92 Å². The molecular weight excluding hydrogens is 484 g/mol. The van der Waals surface area contributed by atoms with Gasteiger partial charge in [0.1, 0.15) is 23.4 Å². The molecule has 0 fully saturated rings. The lowest BCUT2D eigenvalue weighted by molar-refractivity contribution is 0.312. The van der Waals surface area contributed by atoms with Gasteiger partial charge in [-0.25, -0.2) is 13.2 Å². The summed E-state index contributed by atoms with van der Waals surface area (Å²) in [7, 11) is -3.94. The van der Waals surface area contributed by atoms with Gasteiger partial charge in [-0.05, 0) is 42.7 Å². The van der Waals surface area contributed by atoms with Crippen molar-refractivity contribution in [1.82, 2.24) is 15.0 Å². The van der Waals surface area contributed by atoms with E-state index in [1.54, 1.807) is 18.2 Å². The number of rotatable bonds is 10. The van der Waals surface area contributed by atoms with Crippen molar-refractivity contribution in [2.45, 2.75) is 44.7 Å². The Kier molecular flexibility index (Phi) is 7.34. The van der Waals surface area contributed by atoms with Crippen molar-refractivity contribution in [3.05, 3.63) is 69.1 Å². The van der Waals surface area contributed by atoms with Gasteiger partial charge in [-0.3, -0.25) is 24.5 Å². The van der Waals surface area contributed by atoms with Crippen LogP contribution in [-0.4, -0.2) is 36.5 Å². The molecule has 0 aliphatic carbocycles. The zero-order valence-electron chi connectivity index (χ0n) is 20.4. The summed E-state index contributed by atoms with van der Waals surface area (Å²) in [4.78, 5) is 35.4. The average Bonchev–Trinajstić information content (AvgIpc) is 3.21. The third-order valence-electron chi connectivity index (χ3n) is 5.99. The van der Waals surface area contributed by atoms with E-state index in [4.69, 9.17) is 4.74 Å². The minimum Gasteiger partial charge on any atom is -0.493 e. The molecule has 4 rings (SSSR count). The number of aromatic amines is 2. The van der Waals surface area contributed by atoms with E-state index in [2.05, 4.69) is 38.8 Å². The highest BCUT2D eigenvalue weighted by Crippen LogP contribution is 2.41. The summed E-state index contributed by atoms with van der Waals surface area (Å²) in [5.41, 5.74) is -0.0414. The summed E-state index contributed by atoms with van der Waals surface area (Å²) in [6, 6.07) is 7.75. The van der Waals surface area contributed by atoms with Crippen molar-refractivity contribution >= 4 is 27.2 Å². The Labute approximate surface area is 209 Å². The molecule has 0 saturated carbocycles. The molecule has 11 nitrogen and oxygen atoms in total. The summed E-state index contributed by atoms with van der Waals surface area (Å²) in [6.45, 7) is 7.03. The highest BCUT2D eigenvalue weighted by Gasteiger charge is 2.36. The largest absolute Gasteiger partial charge is 0.493 e. The highest BCUT2D eigenvalue weighted by molar-refractivity contribution is 7.92. The Morgan fingerprint density at radius 1 is 1.14 bits per heavy atom. The first-order valence-electron chi connectivity index (χ1n) is 11.8. The van der Waals surface area contributed by atoms with E-state index < -0.39 is 27.4 Å². The lowest BCUT2D eigenvalue weighted by Crippen LogP contribution is -2.33. The molecule has 0 saturated heterocycles. The van der Waals surface area contributed by atoms with Crippen LogP contribution in [0.2, 0.25) is 0 Å². The zero-order valence-corrected chi connectivity index (χ0v) is 21.2. The monoisotopic (exact) mass is 514 g/mol. The minimum atomic E-state index is -3.94. The normalized spacial score (nSPS) is 15.8. The number of sulfonamides is 1. The van der Waals surface area contributed by atoms with E-state index in [-0.39, 0.29) is 16.5 Å². The summed E-state index contributed by atoms with van der Waals surface area (Å²) in [5.74, 6) is 1.07. The van der Waals surface area contributed by atoms with Crippen molar-refractivity contribution in [3.8, 4) is 5.75 Å². The Morgan fingerprint density at radius 2 is 1.89 bits per heavy atom. The first kappa shape index (κ1) is 25.3. The second-order valence-corrected chi connectivity index (χ2v) is 10.4. The molecule has 1 aromatic carbocycles. The fraction of sp³-hybridized carbons (Fsp3) is 0.375. The molecule has 1 aliphatic heterocycles. The molecule has 36 heavy (non-hydrogen) atoms. The van der Waals surface area contributed by atoms with Gasteiger partial charge in [0.05, 0.1) is 17.2 Å². The topological polar surface area (TPSA) is 149 Å². The highest BCUT2D eigenvalue weighted by atomic mass is 32.2. The molecule has 2 atom stereocenters. The van der Waals surface area contributed by atoms with Crippen molar-refractivity contribution in [3.63, 3.8) is 0 Å². The second kappa shape index (κ2) is 10.4. The molecule has 3 heterocycles. The zero-order chi connectivity index (χ0) is 25.9. The van der Waals surface area contributed by atoms with Crippen LogP contribution in [0.1, 0.15) is 45.3 Å². The molecule has 1 aliphatic rings. The smallest absolute Gasteiger partial charge is 0.327 e. The van der Waals surface area contributed by atoms with Crippen molar-refractivity contribution < 1.29 is 13.2 Å². The number of hydrogen-bond donors (Lipinski definition) is 4. The van der Waals surface area contributed by atoms with Crippen LogP contribution in [0.15, 0.2) is 57.2 Å². The van der Waals surface area contributed by atoms with E-state index in [1.807, 2.05) is 11.8 Å². The van der Waals surface area contributed by atoms with Crippen LogP contribution in [0.25, 0.3) is 0 Å². The summed E-state index contributed by atoms with van der Waals surface area (Å²) >= 11 is 0. The lowest BCUT2D eigenvalue weighted by atomic mass is 10.1. The van der Waals surface area contributed by atoms with Crippen molar-refractivity contribution in [2.75, 3.05) is 28.1 Å². The number of fused-ring (bicyclic) bond motifs is 1. The van der Waals surface area contributed by atoms with Crippen molar-refractivity contribution in [1.29, 1.82) is 0 Å². The maximum Gasteiger partial charge on any atom is 0.327 e. The van der Waals surface area contributed by atoms with E-state index in [1.165, 1.54) is 24.5 Å². The SMILES string of the molecule is CCCOc1ccc(S(=O)(=O)Nc2ccncc2)cc1C1Nc2c([nH]c(=O)[nH]c2=O)N1CC(C)CC. The number of H-pyrrole nitrogens is 2. The number of nitrogens with one attached hydrogen (secondary N) is 4. The van der Waals surface area contributed by atoms with Crippen LogP contribution in [0.5, 0.6) is 5.75 Å². The maximum atomic E-state index is 13.2. The van der Waals surface area contributed by atoms with Gasteiger partial charge in [0.2, 0.25) is 0 Å². The summed E-state index contributed by atoms with van der Waals surface area (Å²) < 4.78 is 34.9. The van der Waals surface area contributed by atoms with E-state index >= 15 is 0 Å². The Balaban J connectivity index is 1.81. The Bertz CT molecular complexity index is 1440. The molecule has 0 bridgehead atoms. The molecule has 3 aromatic rings. The molecule has 0 amide bonds. The predicted octanol–water partition coefficient (Wildman–Crippen LogP) is 3.02. The molecule has 12 heteroatoms. The van der Waals surface area contributed by atoms with E-state index in [9.17, 15) is 18.0 Å². The standard InChI is InChI=1S/C24H30N6O5S/c1-4-12-35-19-7-6-17(36(33,34)29-16-8-10-25-11-9-16)13-18(19)21-26-20-22(27-24(32)28-23(20)31)30(21)14-15(3)5-2/h6-11,13,15,21,26H,4-5,12,14H2,1-3H3,(H,25,29)(H2,27,28,31,32). The quantitative estimate of drug-likeness (QED) is 0.323. The first-order chi connectivity index (χ1) is 17.2. The number of hydrogen-bond acceptors (Lipinski definition) is 8. The van der Waals surface area contributed by atoms with Crippen LogP contribution >= 0.6 is 0 Å². The average molecular weight is 515 g/mol. The van der Waals surface area contributed by atoms with E-state index in [0.717, 1.165) is 12.8 Å². The van der Waals surface area contributed by atoms with Gasteiger partial charge in [0, 0.05) is 24.5 Å². The Morgan fingerprint density at radius 3 is 2.58 bits per heavy atom. The number of ether oxygens (including phenoxy) is 1. The number of pyridine rings is 1. The molecule has 0 spiro atoms. The number of benzene rings is 1. The van der Waals surface area contributed by atoms with E-state index in [0.29, 0.717) is 36.0 Å². The van der Waals surface area contributed by atoms with Crippen LogP contribution < -0.4 is 30.9 Å². The second-order valence-electron chi connectivity index (χ2n) is 8.73. The third-order valence-corrected chi connectivity index (χ3v) is 7.37. The van der Waals surface area contributed by atoms with Gasteiger partial charge >= 0.3 is 5.69 Å². The first-order valence-corrected chi connectivity index (χ1v) is 13.3. The molecule has 0 radical (unpaired) electrons. The van der Waals surface area contributed by atoms with Crippen molar-refractivity contribution in [2.24, 2.45) is 5.92 Å². The third kappa shape index (κ3) is 5.23. The molecule has 192 valence electrons. The number of anilines is 3. The predicted molar refractivity (Wildman–Crippen MR) is 138 cm³/mol. The fourth-order valence-electron chi connectivity index (χ4n) is 3.96. The summed E-state index contributed by atoms with van der Waals surface area (Å²) in [6.07, 6.45) is 3.97. The van der Waals surface area contributed by atoms with Crippen LogP contribution in [0.4, 0.5) is 17.2 Å². The van der Waals surface area contributed by atoms with Gasteiger partial charge < -0.3 is 15.0 Å². The van der Waals surface area contributed by atoms with Gasteiger partial charge in [-0.1, -0.05) is 27.2 Å². The van der Waals surface area contributed by atoms with Gasteiger partial charge in [-0.2, -0.15) is 0 Å². The lowest BCUT2D eigenvalue weighted by Gasteiger charge is -2.30. The number of nitrogens with zero attached hydrogens (tertiary/aromatic N) is 2. The molecule has 4 N–H and O–H groups in total. The van der Waals surface area contributed by atoms with Crippen LogP contribution in [0.3, 0.4) is 0 Å². The molecule has 2 unspecified atom stereocenters. The summed E-state index contributed by atoms with van der Waals surface area (Å²) in [5, 5.41) is 3.18. The van der Waals surface area contributed by atoms with Gasteiger partial charge in [0.25, 0.3) is 15.6 Å². The Hall–Kier alpha value is -3.80. The molecule has 2 aromatic heterocycles. The minimum absolute atomic E-state index is 0.0295. The van der Waals surface area contributed by atoms with Gasteiger partial charge in [-0.15, -0.1) is 0 Å². The number of aromatic nitrogens is 3.